The average molecular weight is 187 g/mol. The Bertz CT molecular complexity index is 236. The second kappa shape index (κ2) is 5.84. The van der Waals surface area contributed by atoms with Gasteiger partial charge >= 0.3 is 0 Å². The second-order valence-electron chi connectivity index (χ2n) is 2.04. The summed E-state index contributed by atoms with van der Waals surface area (Å²) in [6.07, 6.45) is 1.75. The Balaban J connectivity index is 0.000000561. The molecule has 0 aliphatic rings. The zero-order valence-corrected chi connectivity index (χ0v) is 8.74. The Morgan fingerprint density at radius 3 is 2.42 bits per heavy atom. The fraction of sp³-hybridized carbons (Fsp3) is 0.444. The van der Waals surface area contributed by atoms with E-state index in [1.165, 1.54) is 0 Å². The van der Waals surface area contributed by atoms with E-state index in [0.717, 1.165) is 11.4 Å². The van der Waals surface area contributed by atoms with Gasteiger partial charge in [0.1, 0.15) is 0 Å². The van der Waals surface area contributed by atoms with Crippen molar-refractivity contribution in [1.82, 2.24) is 4.98 Å². The summed E-state index contributed by atoms with van der Waals surface area (Å²) in [4.78, 5) is 4.06. The highest BCUT2D eigenvalue weighted by Gasteiger charge is 1.95. The van der Waals surface area contributed by atoms with Crippen molar-refractivity contribution >= 4 is 17.3 Å². The maximum Gasteiger partial charge on any atom is 0.0639 e. The van der Waals surface area contributed by atoms with E-state index in [2.05, 4.69) is 10.3 Å². The summed E-state index contributed by atoms with van der Waals surface area (Å²) in [6, 6.07) is 1.85. The van der Waals surface area contributed by atoms with E-state index in [0.29, 0.717) is 5.02 Å². The van der Waals surface area contributed by atoms with Crippen LogP contribution in [0.25, 0.3) is 0 Å². The lowest BCUT2D eigenvalue weighted by molar-refractivity contribution is 1.20. The van der Waals surface area contributed by atoms with Crippen molar-refractivity contribution in [3.63, 3.8) is 0 Å². The van der Waals surface area contributed by atoms with Crippen LogP contribution in [0, 0.1) is 6.92 Å². The van der Waals surface area contributed by atoms with Gasteiger partial charge in [-0.15, -0.1) is 0 Å². The molecule has 1 heterocycles. The van der Waals surface area contributed by atoms with Crippen LogP contribution in [0.4, 0.5) is 5.69 Å². The zero-order valence-electron chi connectivity index (χ0n) is 7.98. The summed E-state index contributed by atoms with van der Waals surface area (Å²) in [6.45, 7) is 5.88. The maximum atomic E-state index is 5.79. The average Bonchev–Trinajstić information content (AvgIpc) is 2.13. The number of hydrogen-bond donors (Lipinski definition) is 1. The molecule has 0 atom stereocenters. The summed E-state index contributed by atoms with van der Waals surface area (Å²) in [7, 11) is 1.84. The quantitative estimate of drug-likeness (QED) is 0.729. The number of anilines is 1. The lowest BCUT2D eigenvalue weighted by atomic mass is 10.3. The van der Waals surface area contributed by atoms with Crippen molar-refractivity contribution < 1.29 is 0 Å². The van der Waals surface area contributed by atoms with E-state index < -0.39 is 0 Å². The van der Waals surface area contributed by atoms with Crippen molar-refractivity contribution in [1.29, 1.82) is 0 Å². The Morgan fingerprint density at radius 2 is 2.00 bits per heavy atom. The van der Waals surface area contributed by atoms with Crippen molar-refractivity contribution in [2.45, 2.75) is 20.8 Å². The van der Waals surface area contributed by atoms with Crippen LogP contribution >= 0.6 is 11.6 Å². The number of pyridine rings is 1. The Morgan fingerprint density at radius 1 is 1.42 bits per heavy atom. The molecule has 0 aliphatic carbocycles. The normalized spacial score (nSPS) is 8.42. The molecule has 1 aromatic heterocycles. The summed E-state index contributed by atoms with van der Waals surface area (Å²) < 4.78 is 0. The van der Waals surface area contributed by atoms with Crippen molar-refractivity contribution in [3.05, 3.63) is 23.0 Å². The van der Waals surface area contributed by atoms with Gasteiger partial charge < -0.3 is 5.32 Å². The van der Waals surface area contributed by atoms with Gasteiger partial charge in [0.2, 0.25) is 0 Å². The van der Waals surface area contributed by atoms with Crippen LogP contribution in [0.5, 0.6) is 0 Å². The fourth-order valence-corrected chi connectivity index (χ4v) is 0.809. The third-order valence-corrected chi connectivity index (χ3v) is 1.70. The van der Waals surface area contributed by atoms with E-state index in [-0.39, 0.29) is 0 Å². The van der Waals surface area contributed by atoms with Crippen LogP contribution in [0.15, 0.2) is 12.3 Å². The highest BCUT2D eigenvalue weighted by Crippen LogP contribution is 2.16. The SMILES string of the molecule is CC.CNc1cnc(C)c(Cl)c1. The van der Waals surface area contributed by atoms with E-state index in [9.17, 15) is 0 Å². The first kappa shape index (κ1) is 11.2. The summed E-state index contributed by atoms with van der Waals surface area (Å²) in [5, 5.41) is 3.65. The number of aromatic nitrogens is 1. The topological polar surface area (TPSA) is 24.9 Å². The van der Waals surface area contributed by atoms with E-state index in [4.69, 9.17) is 11.6 Å². The monoisotopic (exact) mass is 186 g/mol. The van der Waals surface area contributed by atoms with Gasteiger partial charge in [-0.05, 0) is 13.0 Å². The predicted octanol–water partition coefficient (Wildman–Crippen LogP) is 3.11. The van der Waals surface area contributed by atoms with Gasteiger partial charge in [0.25, 0.3) is 0 Å². The molecule has 0 unspecified atom stereocenters. The van der Waals surface area contributed by atoms with Crippen LogP contribution in [-0.4, -0.2) is 12.0 Å². The van der Waals surface area contributed by atoms with Crippen LogP contribution in [0.1, 0.15) is 19.5 Å². The number of nitrogens with zero attached hydrogens (tertiary/aromatic N) is 1. The zero-order chi connectivity index (χ0) is 9.56. The third-order valence-electron chi connectivity index (χ3n) is 1.31. The number of aryl methyl sites for hydroxylation is 1. The van der Waals surface area contributed by atoms with Crippen LogP contribution in [-0.2, 0) is 0 Å². The summed E-state index contributed by atoms with van der Waals surface area (Å²) >= 11 is 5.79. The Kier molecular flexibility index (Phi) is 5.47. The lowest BCUT2D eigenvalue weighted by Gasteiger charge is -2.00. The molecule has 0 aromatic carbocycles. The molecule has 0 radical (unpaired) electrons. The molecular formula is C9H15ClN2. The molecule has 1 rings (SSSR count). The first-order valence-electron chi connectivity index (χ1n) is 4.04. The summed E-state index contributed by atoms with van der Waals surface area (Å²) in [5.74, 6) is 0. The van der Waals surface area contributed by atoms with Crippen LogP contribution < -0.4 is 5.32 Å². The van der Waals surface area contributed by atoms with Gasteiger partial charge in [0, 0.05) is 7.05 Å². The van der Waals surface area contributed by atoms with Gasteiger partial charge in [-0.25, -0.2) is 0 Å². The standard InChI is InChI=1S/C7H9ClN2.C2H6/c1-5-7(8)3-6(9-2)4-10-5;1-2/h3-4,9H,1-2H3;1-2H3. The van der Waals surface area contributed by atoms with Gasteiger partial charge in [-0.3, -0.25) is 4.98 Å². The Labute approximate surface area is 79.0 Å². The maximum absolute atomic E-state index is 5.79. The van der Waals surface area contributed by atoms with E-state index in [1.807, 2.05) is 33.9 Å². The molecule has 0 bridgehead atoms. The first-order chi connectivity index (χ1) is 5.74. The minimum Gasteiger partial charge on any atom is -0.387 e. The van der Waals surface area contributed by atoms with E-state index in [1.54, 1.807) is 6.20 Å². The second-order valence-corrected chi connectivity index (χ2v) is 2.45. The number of halogens is 1. The minimum atomic E-state index is 0.701. The van der Waals surface area contributed by atoms with Crippen molar-refractivity contribution in [3.8, 4) is 0 Å². The van der Waals surface area contributed by atoms with Gasteiger partial charge in [-0.2, -0.15) is 0 Å². The molecule has 0 saturated heterocycles. The first-order valence-corrected chi connectivity index (χ1v) is 4.41. The number of nitrogens with one attached hydrogen (secondary N) is 1. The van der Waals surface area contributed by atoms with Gasteiger partial charge in [0.15, 0.2) is 0 Å². The highest BCUT2D eigenvalue weighted by molar-refractivity contribution is 6.31. The molecule has 68 valence electrons. The molecule has 0 spiro atoms. The van der Waals surface area contributed by atoms with Crippen LogP contribution in [0.2, 0.25) is 5.02 Å². The van der Waals surface area contributed by atoms with Gasteiger partial charge in [0.05, 0.1) is 22.6 Å². The predicted molar refractivity (Wildman–Crippen MR) is 54.9 cm³/mol. The van der Waals surface area contributed by atoms with Crippen molar-refractivity contribution in [2.24, 2.45) is 0 Å². The molecule has 0 amide bonds. The smallest absolute Gasteiger partial charge is 0.0639 e. The fourth-order valence-electron chi connectivity index (χ4n) is 0.643. The lowest BCUT2D eigenvalue weighted by Crippen LogP contribution is -1.90. The molecule has 3 heteroatoms. The molecule has 2 nitrogen and oxygen atoms in total. The molecule has 0 saturated carbocycles. The van der Waals surface area contributed by atoms with Crippen molar-refractivity contribution in [2.75, 3.05) is 12.4 Å². The molecule has 0 aliphatic heterocycles. The third kappa shape index (κ3) is 3.09. The number of rotatable bonds is 1. The highest BCUT2D eigenvalue weighted by atomic mass is 35.5. The van der Waals surface area contributed by atoms with Crippen LogP contribution in [0.3, 0.4) is 0 Å². The Hall–Kier alpha value is -0.760. The molecule has 1 aromatic rings. The molecule has 1 N–H and O–H groups in total. The number of hydrogen-bond acceptors (Lipinski definition) is 2. The van der Waals surface area contributed by atoms with E-state index >= 15 is 0 Å². The molecular weight excluding hydrogens is 172 g/mol. The molecule has 0 fully saturated rings. The molecule has 12 heavy (non-hydrogen) atoms. The largest absolute Gasteiger partial charge is 0.387 e. The minimum absolute atomic E-state index is 0.701. The summed E-state index contributed by atoms with van der Waals surface area (Å²) in [5.41, 5.74) is 1.80. The van der Waals surface area contributed by atoms with Gasteiger partial charge in [-0.1, -0.05) is 25.4 Å².